The number of hydrogen-bond donors (Lipinski definition) is 1. The van der Waals surface area contributed by atoms with Gasteiger partial charge in [0, 0.05) is 26.2 Å². The maximum atomic E-state index is 11.9. The number of nitrogens with one attached hydrogen (secondary N) is 1. The first kappa shape index (κ1) is 13.8. The average molecular weight is 262 g/mol. The third kappa shape index (κ3) is 3.92. The highest BCUT2D eigenvalue weighted by molar-refractivity contribution is 5.92. The summed E-state index contributed by atoms with van der Waals surface area (Å²) in [6, 6.07) is 3.79. The summed E-state index contributed by atoms with van der Waals surface area (Å²) in [4.78, 5) is 20.4. The Bertz CT molecular complexity index is 410. The lowest BCUT2D eigenvalue weighted by molar-refractivity contribution is 0.0946. The van der Waals surface area contributed by atoms with Gasteiger partial charge in [0.2, 0.25) is 0 Å². The van der Waals surface area contributed by atoms with Gasteiger partial charge in [-0.25, -0.2) is 4.98 Å². The first-order valence-corrected chi connectivity index (χ1v) is 6.81. The van der Waals surface area contributed by atoms with E-state index in [1.165, 1.54) is 12.8 Å². The van der Waals surface area contributed by atoms with Crippen molar-refractivity contribution in [1.29, 1.82) is 0 Å². The maximum absolute atomic E-state index is 11.9. The van der Waals surface area contributed by atoms with Crippen LogP contribution in [0.3, 0.4) is 0 Å². The second-order valence-electron chi connectivity index (χ2n) is 5.15. The summed E-state index contributed by atoms with van der Waals surface area (Å²) in [6.45, 7) is 3.66. The first-order chi connectivity index (χ1) is 9.16. The van der Waals surface area contributed by atoms with Crippen molar-refractivity contribution >= 4 is 11.6 Å². The van der Waals surface area contributed by atoms with Gasteiger partial charge in [0.25, 0.3) is 5.91 Å². The van der Waals surface area contributed by atoms with Crippen molar-refractivity contribution in [2.75, 3.05) is 45.2 Å². The van der Waals surface area contributed by atoms with Crippen molar-refractivity contribution in [1.82, 2.24) is 15.2 Å². The van der Waals surface area contributed by atoms with Crippen LogP contribution in [0.15, 0.2) is 18.3 Å². The van der Waals surface area contributed by atoms with Crippen LogP contribution in [0.25, 0.3) is 0 Å². The van der Waals surface area contributed by atoms with Crippen molar-refractivity contribution in [3.63, 3.8) is 0 Å². The quantitative estimate of drug-likeness (QED) is 0.859. The molecule has 2 rings (SSSR count). The normalized spacial score (nSPS) is 15.0. The van der Waals surface area contributed by atoms with Gasteiger partial charge in [0.05, 0.1) is 11.9 Å². The lowest BCUT2D eigenvalue weighted by Crippen LogP contribution is -2.31. The van der Waals surface area contributed by atoms with Crippen LogP contribution in [0.4, 0.5) is 5.69 Å². The molecule has 0 spiro atoms. The highest BCUT2D eigenvalue weighted by atomic mass is 16.1. The molecule has 1 fully saturated rings. The smallest absolute Gasteiger partial charge is 0.269 e. The van der Waals surface area contributed by atoms with Crippen LogP contribution in [-0.2, 0) is 0 Å². The van der Waals surface area contributed by atoms with Crippen LogP contribution in [0.2, 0.25) is 0 Å². The minimum atomic E-state index is -0.102. The van der Waals surface area contributed by atoms with Crippen LogP contribution in [-0.4, -0.2) is 56.1 Å². The molecule has 0 atom stereocenters. The van der Waals surface area contributed by atoms with Gasteiger partial charge in [0.1, 0.15) is 5.69 Å². The zero-order valence-corrected chi connectivity index (χ0v) is 11.7. The molecule has 104 valence electrons. The molecule has 0 bridgehead atoms. The van der Waals surface area contributed by atoms with Gasteiger partial charge in [-0.15, -0.1) is 0 Å². The molecule has 1 N–H and O–H groups in total. The van der Waals surface area contributed by atoms with E-state index in [9.17, 15) is 4.79 Å². The van der Waals surface area contributed by atoms with Gasteiger partial charge in [-0.05, 0) is 39.1 Å². The van der Waals surface area contributed by atoms with Gasteiger partial charge in [-0.1, -0.05) is 0 Å². The molecule has 5 heteroatoms. The number of nitrogens with zero attached hydrogens (tertiary/aromatic N) is 3. The highest BCUT2D eigenvalue weighted by Gasteiger charge is 2.13. The summed E-state index contributed by atoms with van der Waals surface area (Å²) < 4.78 is 0. The van der Waals surface area contributed by atoms with Crippen LogP contribution in [0.5, 0.6) is 0 Å². The number of carbonyl (C=O) groups is 1. The molecule has 1 amide bonds. The zero-order chi connectivity index (χ0) is 13.7. The third-order valence-electron chi connectivity index (χ3n) is 3.30. The monoisotopic (exact) mass is 262 g/mol. The fourth-order valence-electron chi connectivity index (χ4n) is 2.17. The molecule has 1 aromatic heterocycles. The number of pyridine rings is 1. The molecule has 0 unspecified atom stereocenters. The predicted molar refractivity (Wildman–Crippen MR) is 76.6 cm³/mol. The summed E-state index contributed by atoms with van der Waals surface area (Å²) in [7, 11) is 3.96. The van der Waals surface area contributed by atoms with Crippen LogP contribution >= 0.6 is 0 Å². The molecule has 2 heterocycles. The lowest BCUT2D eigenvalue weighted by Gasteiger charge is -2.17. The number of anilines is 1. The van der Waals surface area contributed by atoms with Crippen molar-refractivity contribution < 1.29 is 4.79 Å². The minimum Gasteiger partial charge on any atom is -0.370 e. The van der Waals surface area contributed by atoms with Gasteiger partial charge >= 0.3 is 0 Å². The number of carbonyl (C=O) groups excluding carboxylic acids is 1. The second kappa shape index (κ2) is 6.52. The molecule has 1 saturated heterocycles. The van der Waals surface area contributed by atoms with Gasteiger partial charge in [-0.3, -0.25) is 4.79 Å². The SMILES string of the molecule is CN(C)CCNC(=O)c1ccc(N2CCCC2)cn1. The largest absolute Gasteiger partial charge is 0.370 e. The van der Waals surface area contributed by atoms with E-state index < -0.39 is 0 Å². The van der Waals surface area contributed by atoms with Gasteiger partial charge in [0.15, 0.2) is 0 Å². The topological polar surface area (TPSA) is 48.5 Å². The number of rotatable bonds is 5. The molecule has 1 aromatic rings. The molecule has 0 aromatic carbocycles. The molecule has 0 aliphatic carbocycles. The van der Waals surface area contributed by atoms with Crippen LogP contribution < -0.4 is 10.2 Å². The predicted octanol–water partition coefficient (Wildman–Crippen LogP) is 0.973. The number of amides is 1. The van der Waals surface area contributed by atoms with Gasteiger partial charge in [-0.2, -0.15) is 0 Å². The Hall–Kier alpha value is -1.62. The standard InChI is InChI=1S/C14H22N4O/c1-17(2)10-7-15-14(19)13-6-5-12(11-16-13)18-8-3-4-9-18/h5-6,11H,3-4,7-10H2,1-2H3,(H,15,19). The van der Waals surface area contributed by atoms with E-state index in [2.05, 4.69) is 15.2 Å². The van der Waals surface area contributed by atoms with Crippen molar-refractivity contribution in [3.8, 4) is 0 Å². The fourth-order valence-corrected chi connectivity index (χ4v) is 2.17. The van der Waals surface area contributed by atoms with E-state index in [1.807, 2.05) is 25.1 Å². The maximum Gasteiger partial charge on any atom is 0.269 e. The van der Waals surface area contributed by atoms with E-state index in [1.54, 1.807) is 12.3 Å². The average Bonchev–Trinajstić information content (AvgIpc) is 2.92. The molecule has 1 aliphatic heterocycles. The Balaban J connectivity index is 1.88. The van der Waals surface area contributed by atoms with Crippen LogP contribution in [0.1, 0.15) is 23.3 Å². The molecule has 0 radical (unpaired) electrons. The molecular formula is C14H22N4O. The zero-order valence-electron chi connectivity index (χ0n) is 11.7. The lowest BCUT2D eigenvalue weighted by atomic mass is 10.3. The van der Waals surface area contributed by atoms with E-state index in [4.69, 9.17) is 0 Å². The second-order valence-corrected chi connectivity index (χ2v) is 5.15. The Labute approximate surface area is 114 Å². The number of hydrogen-bond acceptors (Lipinski definition) is 4. The van der Waals surface area contributed by atoms with Crippen molar-refractivity contribution in [2.24, 2.45) is 0 Å². The Morgan fingerprint density at radius 2 is 2.11 bits per heavy atom. The first-order valence-electron chi connectivity index (χ1n) is 6.81. The molecule has 5 nitrogen and oxygen atoms in total. The Morgan fingerprint density at radius 3 is 2.68 bits per heavy atom. The molecule has 19 heavy (non-hydrogen) atoms. The highest BCUT2D eigenvalue weighted by Crippen LogP contribution is 2.18. The summed E-state index contributed by atoms with van der Waals surface area (Å²) in [6.07, 6.45) is 4.28. The van der Waals surface area contributed by atoms with Gasteiger partial charge < -0.3 is 15.1 Å². The number of likely N-dealkylation sites (N-methyl/N-ethyl adjacent to an activating group) is 1. The van der Waals surface area contributed by atoms with E-state index in [0.29, 0.717) is 12.2 Å². The molecular weight excluding hydrogens is 240 g/mol. The minimum absolute atomic E-state index is 0.102. The fraction of sp³-hybridized carbons (Fsp3) is 0.571. The third-order valence-corrected chi connectivity index (χ3v) is 3.30. The summed E-state index contributed by atoms with van der Waals surface area (Å²) in [5, 5.41) is 2.86. The summed E-state index contributed by atoms with van der Waals surface area (Å²) in [5.74, 6) is -0.102. The van der Waals surface area contributed by atoms with Crippen molar-refractivity contribution in [2.45, 2.75) is 12.8 Å². The Morgan fingerprint density at radius 1 is 1.37 bits per heavy atom. The molecule has 1 aliphatic rings. The summed E-state index contributed by atoms with van der Waals surface area (Å²) >= 11 is 0. The van der Waals surface area contributed by atoms with Crippen LogP contribution in [0, 0.1) is 0 Å². The van der Waals surface area contributed by atoms with Crippen molar-refractivity contribution in [3.05, 3.63) is 24.0 Å². The summed E-state index contributed by atoms with van der Waals surface area (Å²) in [5.41, 5.74) is 1.60. The number of aromatic nitrogens is 1. The molecule has 0 saturated carbocycles. The van der Waals surface area contributed by atoms with E-state index in [0.717, 1.165) is 25.3 Å². The van der Waals surface area contributed by atoms with E-state index >= 15 is 0 Å². The van der Waals surface area contributed by atoms with E-state index in [-0.39, 0.29) is 5.91 Å². The Kier molecular flexibility index (Phi) is 4.74.